The maximum Gasteiger partial charge on any atom is 0.228 e. The zero-order valence-corrected chi connectivity index (χ0v) is 14.6. The van der Waals surface area contributed by atoms with Gasteiger partial charge in [0.15, 0.2) is 0 Å². The molecule has 2 aliphatic carbocycles. The van der Waals surface area contributed by atoms with Crippen molar-refractivity contribution >= 4 is 17.5 Å². The Hall–Kier alpha value is -3.02. The minimum Gasteiger partial charge on any atom is -0.350 e. The van der Waals surface area contributed by atoms with Crippen LogP contribution >= 0.6 is 0 Å². The van der Waals surface area contributed by atoms with Crippen LogP contribution in [-0.4, -0.2) is 16.8 Å². The van der Waals surface area contributed by atoms with E-state index in [2.05, 4.69) is 15.6 Å². The molecule has 1 saturated carbocycles. The van der Waals surface area contributed by atoms with Crippen molar-refractivity contribution in [3.63, 3.8) is 0 Å². The van der Waals surface area contributed by atoms with Crippen molar-refractivity contribution < 1.29 is 14.0 Å². The Balaban J connectivity index is 1.45. The van der Waals surface area contributed by atoms with E-state index in [9.17, 15) is 14.0 Å². The number of nitrogens with zero attached hydrogens (tertiary/aromatic N) is 1. The summed E-state index contributed by atoms with van der Waals surface area (Å²) in [5.74, 6) is -1.38. The highest BCUT2D eigenvalue weighted by Gasteiger charge is 2.51. The number of fused-ring (bicyclic) bond motifs is 2. The zero-order valence-electron chi connectivity index (χ0n) is 14.6. The molecule has 0 unspecified atom stereocenters. The third-order valence-electron chi connectivity index (χ3n) is 5.35. The summed E-state index contributed by atoms with van der Waals surface area (Å²) in [5.41, 5.74) is 1.30. The number of pyridine rings is 1. The lowest BCUT2D eigenvalue weighted by Crippen LogP contribution is -2.41. The van der Waals surface area contributed by atoms with E-state index < -0.39 is 11.8 Å². The molecule has 1 aromatic heterocycles. The summed E-state index contributed by atoms with van der Waals surface area (Å²) in [6, 6.07) is 11.2. The molecular formula is C21H20FN3O2. The van der Waals surface area contributed by atoms with Gasteiger partial charge >= 0.3 is 0 Å². The van der Waals surface area contributed by atoms with Gasteiger partial charge in [0.1, 0.15) is 5.82 Å². The summed E-state index contributed by atoms with van der Waals surface area (Å²) in [7, 11) is 0. The molecular weight excluding hydrogens is 345 g/mol. The molecule has 2 aromatic rings. The first-order chi connectivity index (χ1) is 13.1. The third-order valence-corrected chi connectivity index (χ3v) is 5.35. The van der Waals surface area contributed by atoms with Crippen molar-refractivity contribution in [3.8, 4) is 0 Å². The van der Waals surface area contributed by atoms with E-state index in [1.54, 1.807) is 6.20 Å². The minimum absolute atomic E-state index is 0.0565. The van der Waals surface area contributed by atoms with Gasteiger partial charge in [-0.25, -0.2) is 4.39 Å². The van der Waals surface area contributed by atoms with Gasteiger partial charge in [-0.15, -0.1) is 0 Å². The van der Waals surface area contributed by atoms with Crippen molar-refractivity contribution in [2.75, 3.05) is 5.32 Å². The van der Waals surface area contributed by atoms with Crippen molar-refractivity contribution in [3.05, 3.63) is 72.3 Å². The molecule has 1 aromatic carbocycles. The molecule has 138 valence electrons. The van der Waals surface area contributed by atoms with Crippen LogP contribution in [0.1, 0.15) is 12.1 Å². The van der Waals surface area contributed by atoms with Crippen molar-refractivity contribution in [1.82, 2.24) is 10.3 Å². The van der Waals surface area contributed by atoms with Gasteiger partial charge in [-0.2, -0.15) is 0 Å². The third kappa shape index (κ3) is 3.60. The summed E-state index contributed by atoms with van der Waals surface area (Å²) >= 11 is 0. The van der Waals surface area contributed by atoms with Gasteiger partial charge in [0.05, 0.1) is 24.1 Å². The molecule has 6 heteroatoms. The van der Waals surface area contributed by atoms with Gasteiger partial charge < -0.3 is 10.6 Å². The Bertz CT molecular complexity index is 867. The summed E-state index contributed by atoms with van der Waals surface area (Å²) < 4.78 is 13.1. The van der Waals surface area contributed by atoms with Crippen molar-refractivity contribution in [2.24, 2.45) is 23.7 Å². The van der Waals surface area contributed by atoms with Crippen molar-refractivity contribution in [1.29, 1.82) is 0 Å². The second-order valence-corrected chi connectivity index (χ2v) is 7.03. The fourth-order valence-corrected chi connectivity index (χ4v) is 4.09. The van der Waals surface area contributed by atoms with E-state index in [4.69, 9.17) is 0 Å². The molecule has 1 heterocycles. The van der Waals surface area contributed by atoms with Crippen LogP contribution in [-0.2, 0) is 16.1 Å². The lowest BCUT2D eigenvalue weighted by atomic mass is 9.81. The van der Waals surface area contributed by atoms with Gasteiger partial charge in [0, 0.05) is 11.9 Å². The number of nitrogens with one attached hydrogen (secondary N) is 2. The Labute approximate surface area is 156 Å². The van der Waals surface area contributed by atoms with Gasteiger partial charge in [0.2, 0.25) is 11.8 Å². The smallest absolute Gasteiger partial charge is 0.228 e. The second-order valence-electron chi connectivity index (χ2n) is 7.03. The molecule has 5 nitrogen and oxygen atoms in total. The van der Waals surface area contributed by atoms with Crippen LogP contribution in [0.5, 0.6) is 0 Å². The normalized spacial score (nSPS) is 25.4. The highest BCUT2D eigenvalue weighted by molar-refractivity contribution is 5.97. The number of carbonyl (C=O) groups excluding carboxylic acids is 2. The summed E-state index contributed by atoms with van der Waals surface area (Å²) in [6.45, 7) is 0.337. The van der Waals surface area contributed by atoms with E-state index in [0.29, 0.717) is 12.2 Å². The Morgan fingerprint density at radius 1 is 1.00 bits per heavy atom. The standard InChI is InChI=1S/C21H20FN3O2/c22-15-6-8-16(9-7-15)25-21(27)19-14-5-4-13(11-14)18(19)20(26)24-12-17-3-1-2-10-23-17/h1-10,13-14,18-19H,11-12H2,(H,24,26)(H,25,27)/t13-,14-,18-,19-/m0/s1. The number of rotatable bonds is 5. The van der Waals surface area contributed by atoms with Crippen LogP contribution in [0, 0.1) is 29.5 Å². The Morgan fingerprint density at radius 3 is 2.37 bits per heavy atom. The molecule has 4 atom stereocenters. The zero-order chi connectivity index (χ0) is 18.8. The van der Waals surface area contributed by atoms with Gasteiger partial charge in [-0.1, -0.05) is 18.2 Å². The molecule has 1 fully saturated rings. The first-order valence-electron chi connectivity index (χ1n) is 9.04. The number of allylic oxidation sites excluding steroid dienone is 2. The van der Waals surface area contributed by atoms with Gasteiger partial charge in [-0.3, -0.25) is 14.6 Å². The average molecular weight is 365 g/mol. The molecule has 2 N–H and O–H groups in total. The fraction of sp³-hybridized carbons (Fsp3) is 0.286. The Kier molecular flexibility index (Phi) is 4.71. The predicted octanol–water partition coefficient (Wildman–Crippen LogP) is 2.91. The molecule has 2 aliphatic rings. The van der Waals surface area contributed by atoms with Crippen LogP contribution in [0.25, 0.3) is 0 Å². The lowest BCUT2D eigenvalue weighted by molar-refractivity contribution is -0.133. The molecule has 2 bridgehead atoms. The van der Waals surface area contributed by atoms with Crippen LogP contribution in [0.15, 0.2) is 60.8 Å². The molecule has 4 rings (SSSR count). The van der Waals surface area contributed by atoms with Crippen LogP contribution < -0.4 is 10.6 Å². The monoisotopic (exact) mass is 365 g/mol. The number of anilines is 1. The number of amides is 2. The predicted molar refractivity (Wildman–Crippen MR) is 98.8 cm³/mol. The summed E-state index contributed by atoms with van der Waals surface area (Å²) in [6.07, 6.45) is 6.56. The minimum atomic E-state index is -0.422. The quantitative estimate of drug-likeness (QED) is 0.801. The van der Waals surface area contributed by atoms with Crippen molar-refractivity contribution in [2.45, 2.75) is 13.0 Å². The maximum atomic E-state index is 13.1. The molecule has 0 saturated heterocycles. The Morgan fingerprint density at radius 2 is 1.70 bits per heavy atom. The number of halogens is 1. The fourth-order valence-electron chi connectivity index (χ4n) is 4.09. The topological polar surface area (TPSA) is 71.1 Å². The van der Waals surface area contributed by atoms with Gasteiger partial charge in [-0.05, 0) is 54.7 Å². The second kappa shape index (κ2) is 7.31. The first kappa shape index (κ1) is 17.4. The van der Waals surface area contributed by atoms with E-state index in [0.717, 1.165) is 12.1 Å². The highest BCUT2D eigenvalue weighted by atomic mass is 19.1. The number of carbonyl (C=O) groups is 2. The lowest BCUT2D eigenvalue weighted by Gasteiger charge is -2.26. The van der Waals surface area contributed by atoms with E-state index in [1.807, 2.05) is 30.4 Å². The van der Waals surface area contributed by atoms with Gasteiger partial charge in [0.25, 0.3) is 0 Å². The largest absolute Gasteiger partial charge is 0.350 e. The molecule has 2 amide bonds. The average Bonchev–Trinajstić information content (AvgIpc) is 3.30. The van der Waals surface area contributed by atoms with Crippen LogP contribution in [0.2, 0.25) is 0 Å². The van der Waals surface area contributed by atoms with E-state index in [1.165, 1.54) is 24.3 Å². The van der Waals surface area contributed by atoms with Crippen LogP contribution in [0.4, 0.5) is 10.1 Å². The number of benzene rings is 1. The highest BCUT2D eigenvalue weighted by Crippen LogP contribution is 2.48. The maximum absolute atomic E-state index is 13.1. The summed E-state index contributed by atoms with van der Waals surface area (Å²) in [4.78, 5) is 29.9. The van der Waals surface area contributed by atoms with Crippen LogP contribution in [0.3, 0.4) is 0 Å². The number of hydrogen-bond donors (Lipinski definition) is 2. The van der Waals surface area contributed by atoms with E-state index >= 15 is 0 Å². The molecule has 0 spiro atoms. The molecule has 27 heavy (non-hydrogen) atoms. The molecule has 0 radical (unpaired) electrons. The van der Waals surface area contributed by atoms with E-state index in [-0.39, 0.29) is 29.5 Å². The number of hydrogen-bond acceptors (Lipinski definition) is 3. The molecule has 0 aliphatic heterocycles. The summed E-state index contributed by atoms with van der Waals surface area (Å²) in [5, 5.41) is 5.74. The SMILES string of the molecule is O=C(NCc1ccccn1)[C@@H]1[C@@H](C(=O)Nc2ccc(F)cc2)[C@H]2C=C[C@H]1C2. The number of aromatic nitrogens is 1. The first-order valence-corrected chi connectivity index (χ1v) is 9.04.